The molecular weight excluding hydrogens is 240 g/mol. The van der Waals surface area contributed by atoms with Crippen LogP contribution in [-0.4, -0.2) is 5.97 Å². The fraction of sp³-hybridized carbons (Fsp3) is 0.562. The summed E-state index contributed by atoms with van der Waals surface area (Å²) in [7, 11) is 0. The average molecular weight is 264 g/mol. The monoisotopic (exact) mass is 264 g/mol. The molecule has 1 rings (SSSR count). The zero-order valence-corrected chi connectivity index (χ0v) is 12.5. The summed E-state index contributed by atoms with van der Waals surface area (Å²) < 4.78 is 0. The first-order valence-electron chi connectivity index (χ1n) is 6.76. The second-order valence-electron chi connectivity index (χ2n) is 6.29. The molecule has 0 heterocycles. The van der Waals surface area contributed by atoms with Crippen molar-refractivity contribution >= 4 is 5.97 Å². The third-order valence-corrected chi connectivity index (χ3v) is 2.84. The Balaban J connectivity index is 2.51. The maximum absolute atomic E-state index is 11.6. The second kappa shape index (κ2) is 6.60. The molecule has 1 aromatic rings. The molecule has 3 nitrogen and oxygen atoms in total. The van der Waals surface area contributed by atoms with Crippen LogP contribution in [0.25, 0.3) is 0 Å². The number of carbonyl (C=O) groups excluding carboxylic acids is 1. The highest BCUT2D eigenvalue weighted by Crippen LogP contribution is 2.26. The van der Waals surface area contributed by atoms with Crippen molar-refractivity contribution in [2.75, 3.05) is 0 Å². The Morgan fingerprint density at radius 1 is 1.21 bits per heavy atom. The highest BCUT2D eigenvalue weighted by atomic mass is 17.2. The molecule has 0 saturated carbocycles. The van der Waals surface area contributed by atoms with Gasteiger partial charge in [-0.2, -0.15) is 0 Å². The Labute approximate surface area is 115 Å². The molecule has 0 saturated heterocycles. The lowest BCUT2D eigenvalue weighted by Gasteiger charge is -2.17. The lowest BCUT2D eigenvalue weighted by atomic mass is 9.91. The lowest BCUT2D eigenvalue weighted by molar-refractivity contribution is -0.214. The minimum absolute atomic E-state index is 0.120. The Morgan fingerprint density at radius 3 is 2.42 bits per heavy atom. The standard InChI is InChI=1S/C16H24O3/c1-12(2)13-8-6-7-9-14(13)18-19-15(17)10-11-16(3,4)5/h6-9,12H,10-11H2,1-5H3. The molecule has 3 heteroatoms. The highest BCUT2D eigenvalue weighted by molar-refractivity contribution is 5.68. The van der Waals surface area contributed by atoms with Crippen LogP contribution in [0.15, 0.2) is 24.3 Å². The van der Waals surface area contributed by atoms with Gasteiger partial charge in [0.1, 0.15) is 0 Å². The van der Waals surface area contributed by atoms with Gasteiger partial charge in [-0.25, -0.2) is 4.79 Å². The van der Waals surface area contributed by atoms with Crippen molar-refractivity contribution in [2.45, 2.75) is 53.4 Å². The van der Waals surface area contributed by atoms with Gasteiger partial charge in [0.25, 0.3) is 0 Å². The van der Waals surface area contributed by atoms with E-state index in [2.05, 4.69) is 34.6 Å². The van der Waals surface area contributed by atoms with Crippen molar-refractivity contribution in [1.29, 1.82) is 0 Å². The van der Waals surface area contributed by atoms with Gasteiger partial charge in [0.15, 0.2) is 5.75 Å². The average Bonchev–Trinajstić information content (AvgIpc) is 2.33. The number of hydrogen-bond donors (Lipinski definition) is 0. The Morgan fingerprint density at radius 2 is 1.84 bits per heavy atom. The molecule has 0 bridgehead atoms. The number of benzene rings is 1. The molecular formula is C16H24O3. The molecule has 0 aromatic heterocycles. The van der Waals surface area contributed by atoms with Crippen LogP contribution in [0.3, 0.4) is 0 Å². The van der Waals surface area contributed by atoms with Crippen molar-refractivity contribution in [3.8, 4) is 5.75 Å². The van der Waals surface area contributed by atoms with Gasteiger partial charge in [-0.15, -0.1) is 0 Å². The summed E-state index contributed by atoms with van der Waals surface area (Å²) >= 11 is 0. The van der Waals surface area contributed by atoms with Crippen molar-refractivity contribution in [3.63, 3.8) is 0 Å². The number of rotatable bonds is 5. The van der Waals surface area contributed by atoms with Gasteiger partial charge in [-0.05, 0) is 23.8 Å². The van der Waals surface area contributed by atoms with Crippen LogP contribution in [0, 0.1) is 5.41 Å². The van der Waals surface area contributed by atoms with Gasteiger partial charge >= 0.3 is 5.97 Å². The summed E-state index contributed by atoms with van der Waals surface area (Å²) in [4.78, 5) is 21.6. The van der Waals surface area contributed by atoms with Crippen LogP contribution in [0.1, 0.15) is 58.9 Å². The van der Waals surface area contributed by atoms with E-state index in [-0.39, 0.29) is 11.4 Å². The molecule has 0 spiro atoms. The van der Waals surface area contributed by atoms with Gasteiger partial charge in [0.05, 0.1) is 6.42 Å². The maximum Gasteiger partial charge on any atom is 0.355 e. The summed E-state index contributed by atoms with van der Waals surface area (Å²) in [6, 6.07) is 7.60. The summed E-state index contributed by atoms with van der Waals surface area (Å²) in [6.07, 6.45) is 1.15. The van der Waals surface area contributed by atoms with Gasteiger partial charge in [-0.1, -0.05) is 52.8 Å². The molecule has 0 radical (unpaired) electrons. The molecule has 0 aliphatic rings. The van der Waals surface area contributed by atoms with Crippen molar-refractivity contribution in [1.82, 2.24) is 0 Å². The van der Waals surface area contributed by atoms with Crippen molar-refractivity contribution in [2.24, 2.45) is 5.41 Å². The van der Waals surface area contributed by atoms with Crippen LogP contribution < -0.4 is 4.89 Å². The van der Waals surface area contributed by atoms with Crippen LogP contribution in [0.2, 0.25) is 0 Å². The third kappa shape index (κ3) is 5.77. The molecule has 1 aromatic carbocycles. The fourth-order valence-corrected chi connectivity index (χ4v) is 1.64. The third-order valence-electron chi connectivity index (χ3n) is 2.84. The first kappa shape index (κ1) is 15.5. The predicted octanol–water partition coefficient (Wildman–Crippen LogP) is 4.47. The minimum Gasteiger partial charge on any atom is -0.287 e. The van der Waals surface area contributed by atoms with E-state index in [0.717, 1.165) is 12.0 Å². The van der Waals surface area contributed by atoms with Gasteiger partial charge in [0.2, 0.25) is 0 Å². The predicted molar refractivity (Wildman–Crippen MR) is 75.9 cm³/mol. The zero-order chi connectivity index (χ0) is 14.5. The molecule has 19 heavy (non-hydrogen) atoms. The number of para-hydroxylation sites is 1. The summed E-state index contributed by atoms with van der Waals surface area (Å²) in [5, 5.41) is 0. The van der Waals surface area contributed by atoms with Crippen LogP contribution >= 0.6 is 0 Å². The molecule has 0 aliphatic heterocycles. The van der Waals surface area contributed by atoms with Gasteiger partial charge < -0.3 is 0 Å². The lowest BCUT2D eigenvalue weighted by Crippen LogP contribution is -2.13. The molecule has 106 valence electrons. The number of carbonyl (C=O) groups is 1. The van der Waals surface area contributed by atoms with E-state index in [0.29, 0.717) is 18.1 Å². The second-order valence-corrected chi connectivity index (χ2v) is 6.29. The Kier molecular flexibility index (Phi) is 5.40. The van der Waals surface area contributed by atoms with Crippen LogP contribution in [0.5, 0.6) is 5.75 Å². The fourth-order valence-electron chi connectivity index (χ4n) is 1.64. The van der Waals surface area contributed by atoms with Crippen LogP contribution in [-0.2, 0) is 9.68 Å². The molecule has 0 fully saturated rings. The number of hydrogen-bond acceptors (Lipinski definition) is 3. The molecule has 0 amide bonds. The Hall–Kier alpha value is -1.51. The van der Waals surface area contributed by atoms with E-state index in [1.54, 1.807) is 0 Å². The van der Waals surface area contributed by atoms with Crippen molar-refractivity contribution in [3.05, 3.63) is 29.8 Å². The first-order valence-corrected chi connectivity index (χ1v) is 6.76. The van der Waals surface area contributed by atoms with Gasteiger partial charge in [0, 0.05) is 5.56 Å². The van der Waals surface area contributed by atoms with E-state index in [1.165, 1.54) is 0 Å². The molecule has 0 N–H and O–H groups in total. The van der Waals surface area contributed by atoms with E-state index in [4.69, 9.17) is 9.78 Å². The minimum atomic E-state index is -0.325. The SMILES string of the molecule is CC(C)c1ccccc1OOC(=O)CCC(C)(C)C. The van der Waals surface area contributed by atoms with E-state index in [9.17, 15) is 4.79 Å². The normalized spacial score (nSPS) is 11.5. The molecule has 0 unspecified atom stereocenters. The quantitative estimate of drug-likeness (QED) is 0.581. The summed E-state index contributed by atoms with van der Waals surface area (Å²) in [5.74, 6) is 0.611. The smallest absolute Gasteiger partial charge is 0.287 e. The largest absolute Gasteiger partial charge is 0.355 e. The van der Waals surface area contributed by atoms with E-state index < -0.39 is 0 Å². The van der Waals surface area contributed by atoms with Gasteiger partial charge in [-0.3, -0.25) is 9.78 Å². The topological polar surface area (TPSA) is 35.5 Å². The highest BCUT2D eigenvalue weighted by Gasteiger charge is 2.15. The first-order chi connectivity index (χ1) is 8.79. The summed E-state index contributed by atoms with van der Waals surface area (Å²) in [6.45, 7) is 10.4. The molecule has 0 atom stereocenters. The van der Waals surface area contributed by atoms with E-state index in [1.807, 2.05) is 24.3 Å². The summed E-state index contributed by atoms with van der Waals surface area (Å²) in [5.41, 5.74) is 1.15. The molecule has 0 aliphatic carbocycles. The van der Waals surface area contributed by atoms with Crippen LogP contribution in [0.4, 0.5) is 0 Å². The zero-order valence-electron chi connectivity index (χ0n) is 12.5. The van der Waals surface area contributed by atoms with Crippen molar-refractivity contribution < 1.29 is 14.6 Å². The maximum atomic E-state index is 11.6. The Bertz CT molecular complexity index is 416. The van der Waals surface area contributed by atoms with E-state index >= 15 is 0 Å².